The summed E-state index contributed by atoms with van der Waals surface area (Å²) in [6, 6.07) is 9.65. The van der Waals surface area contributed by atoms with Crippen LogP contribution in [-0.2, 0) is 30.2 Å². The standard InChI is InChI=1S/C27H30N8O3/c1-4-5-9-21-17-34(24-22(25(36)38-3)10-15-33(24)2)26(37)35(21)18-27(11-13-28-14-12-27)20-8-6-7-19(16-20)23-29-31-32-30-23/h6-8,10-11,13-17H,4-5,9,12,18H2,1-3H3,(H,29,30,31,32). The van der Waals surface area contributed by atoms with E-state index in [1.165, 1.54) is 7.11 Å². The number of aromatic amines is 1. The summed E-state index contributed by atoms with van der Waals surface area (Å²) in [4.78, 5) is 30.8. The molecule has 11 nitrogen and oxygen atoms in total. The van der Waals surface area contributed by atoms with Crippen LogP contribution in [-0.4, -0.2) is 53.6 Å². The van der Waals surface area contributed by atoms with Gasteiger partial charge in [0.2, 0.25) is 5.82 Å². The molecule has 196 valence electrons. The molecule has 5 rings (SSSR count). The number of hydrogen-bond donors (Lipinski definition) is 1. The average Bonchev–Trinajstić information content (AvgIpc) is 3.68. The second kappa shape index (κ2) is 10.4. The van der Waals surface area contributed by atoms with Gasteiger partial charge in [-0.15, -0.1) is 10.2 Å². The van der Waals surface area contributed by atoms with Crippen molar-refractivity contribution >= 4 is 12.2 Å². The summed E-state index contributed by atoms with van der Waals surface area (Å²) in [5.41, 5.74) is 2.33. The number of aliphatic imine (C=N–C) groups is 1. The summed E-state index contributed by atoms with van der Waals surface area (Å²) in [6.45, 7) is 2.52. The number of ether oxygens (including phenoxy) is 1. The van der Waals surface area contributed by atoms with E-state index in [4.69, 9.17) is 4.74 Å². The van der Waals surface area contributed by atoms with Crippen LogP contribution in [0.25, 0.3) is 17.2 Å². The van der Waals surface area contributed by atoms with Gasteiger partial charge in [-0.25, -0.2) is 9.59 Å². The van der Waals surface area contributed by atoms with Crippen LogP contribution in [0.2, 0.25) is 0 Å². The number of carbonyl (C=O) groups is 1. The fourth-order valence-electron chi connectivity index (χ4n) is 4.98. The molecule has 3 aromatic heterocycles. The smallest absolute Gasteiger partial charge is 0.341 e. The van der Waals surface area contributed by atoms with Crippen LogP contribution in [0.3, 0.4) is 0 Å². The van der Waals surface area contributed by atoms with E-state index in [1.807, 2.05) is 48.3 Å². The lowest BCUT2D eigenvalue weighted by Gasteiger charge is -2.32. The number of allylic oxidation sites excluding steroid dienone is 1. The molecule has 0 fully saturated rings. The van der Waals surface area contributed by atoms with E-state index in [1.54, 1.807) is 27.6 Å². The van der Waals surface area contributed by atoms with Gasteiger partial charge in [-0.05, 0) is 42.2 Å². The lowest BCUT2D eigenvalue weighted by Crippen LogP contribution is -2.37. The molecule has 11 heteroatoms. The molecule has 1 aromatic carbocycles. The first kappa shape index (κ1) is 25.1. The Morgan fingerprint density at radius 1 is 1.26 bits per heavy atom. The first-order valence-electron chi connectivity index (χ1n) is 12.6. The number of tetrazole rings is 1. The van der Waals surface area contributed by atoms with Crippen molar-refractivity contribution in [3.05, 3.63) is 82.3 Å². The number of aromatic nitrogens is 7. The third-order valence-electron chi connectivity index (χ3n) is 7.04. The van der Waals surface area contributed by atoms with Crippen LogP contribution >= 0.6 is 0 Å². The van der Waals surface area contributed by atoms with E-state index in [2.05, 4.69) is 38.6 Å². The summed E-state index contributed by atoms with van der Waals surface area (Å²) in [5, 5.41) is 14.4. The van der Waals surface area contributed by atoms with E-state index in [9.17, 15) is 9.59 Å². The highest BCUT2D eigenvalue weighted by molar-refractivity contribution is 5.93. The van der Waals surface area contributed by atoms with Gasteiger partial charge in [0.05, 0.1) is 7.11 Å². The molecule has 0 spiro atoms. The molecular formula is C27H30N8O3. The number of nitrogens with one attached hydrogen (secondary N) is 1. The molecule has 0 saturated heterocycles. The molecule has 0 saturated carbocycles. The van der Waals surface area contributed by atoms with Crippen molar-refractivity contribution in [3.8, 4) is 17.2 Å². The molecule has 1 N–H and O–H groups in total. The molecule has 0 amide bonds. The average molecular weight is 515 g/mol. The number of aryl methyl sites for hydroxylation is 2. The van der Waals surface area contributed by atoms with Crippen molar-refractivity contribution in [1.82, 2.24) is 34.3 Å². The number of methoxy groups -OCH3 is 1. The van der Waals surface area contributed by atoms with Gasteiger partial charge >= 0.3 is 11.7 Å². The monoisotopic (exact) mass is 514 g/mol. The van der Waals surface area contributed by atoms with Gasteiger partial charge in [0, 0.05) is 55.1 Å². The van der Waals surface area contributed by atoms with Crippen LogP contribution in [0, 0.1) is 0 Å². The Hall–Kier alpha value is -4.54. The molecule has 0 bridgehead atoms. The van der Waals surface area contributed by atoms with E-state index in [0.717, 1.165) is 36.1 Å². The first-order valence-corrected chi connectivity index (χ1v) is 12.6. The Balaban J connectivity index is 1.63. The topological polar surface area (TPSA) is 125 Å². The van der Waals surface area contributed by atoms with Crippen molar-refractivity contribution in [2.45, 2.75) is 44.6 Å². The summed E-state index contributed by atoms with van der Waals surface area (Å²) >= 11 is 0. The fraction of sp³-hybridized carbons (Fsp3) is 0.333. The number of benzene rings is 1. The quantitative estimate of drug-likeness (QED) is 0.342. The number of esters is 1. The number of nitrogens with zero attached hydrogens (tertiary/aromatic N) is 7. The van der Waals surface area contributed by atoms with Gasteiger partial charge in [-0.3, -0.25) is 14.1 Å². The molecule has 38 heavy (non-hydrogen) atoms. The maximum Gasteiger partial charge on any atom is 0.341 e. The Labute approximate surface area is 219 Å². The zero-order chi connectivity index (χ0) is 26.7. The summed E-state index contributed by atoms with van der Waals surface area (Å²) in [6.07, 6.45) is 12.6. The molecule has 4 aromatic rings. The molecule has 1 atom stereocenters. The number of rotatable bonds is 9. The molecule has 1 unspecified atom stereocenters. The number of H-pyrrole nitrogens is 1. The van der Waals surface area contributed by atoms with Gasteiger partial charge in [-0.1, -0.05) is 37.6 Å². The highest BCUT2D eigenvalue weighted by Crippen LogP contribution is 2.35. The lowest BCUT2D eigenvalue weighted by molar-refractivity contribution is 0.0600. The van der Waals surface area contributed by atoms with Gasteiger partial charge in [0.1, 0.15) is 11.4 Å². The highest BCUT2D eigenvalue weighted by atomic mass is 16.5. The number of imidazole rings is 1. The third-order valence-corrected chi connectivity index (χ3v) is 7.04. The zero-order valence-corrected chi connectivity index (χ0v) is 21.7. The maximum atomic E-state index is 14.0. The van der Waals surface area contributed by atoms with Crippen molar-refractivity contribution in [2.75, 3.05) is 7.11 Å². The molecule has 1 aliphatic rings. The second-order valence-corrected chi connectivity index (χ2v) is 9.44. The number of unbranched alkanes of at least 4 members (excludes halogenated alkanes) is 1. The zero-order valence-electron chi connectivity index (χ0n) is 21.7. The Kier molecular flexibility index (Phi) is 6.91. The third kappa shape index (κ3) is 4.51. The SMILES string of the molecule is CCCCc1cn(-c2c(C(=O)OC)ccn2C)c(=O)n1CC1(c2cccc(-c3nn[nH]n3)c2)C=CN=CC1. The van der Waals surface area contributed by atoms with Crippen molar-refractivity contribution in [2.24, 2.45) is 12.0 Å². The van der Waals surface area contributed by atoms with Crippen LogP contribution < -0.4 is 5.69 Å². The minimum atomic E-state index is -0.530. The van der Waals surface area contributed by atoms with Gasteiger partial charge in [-0.2, -0.15) is 5.21 Å². The summed E-state index contributed by atoms with van der Waals surface area (Å²) in [5.74, 6) is 0.491. The highest BCUT2D eigenvalue weighted by Gasteiger charge is 2.33. The molecule has 4 heterocycles. The predicted octanol–water partition coefficient (Wildman–Crippen LogP) is 3.21. The molecule has 1 aliphatic heterocycles. The van der Waals surface area contributed by atoms with E-state index < -0.39 is 11.4 Å². The lowest BCUT2D eigenvalue weighted by atomic mass is 9.76. The first-order chi connectivity index (χ1) is 18.5. The van der Waals surface area contributed by atoms with E-state index in [-0.39, 0.29) is 5.69 Å². The van der Waals surface area contributed by atoms with Gasteiger partial charge in [0.25, 0.3) is 0 Å². The van der Waals surface area contributed by atoms with E-state index >= 15 is 0 Å². The normalized spacial score (nSPS) is 16.7. The summed E-state index contributed by atoms with van der Waals surface area (Å²) in [7, 11) is 3.14. The summed E-state index contributed by atoms with van der Waals surface area (Å²) < 4.78 is 10.1. The van der Waals surface area contributed by atoms with Crippen LogP contribution in [0.15, 0.2) is 64.8 Å². The van der Waals surface area contributed by atoms with Crippen LogP contribution in [0.5, 0.6) is 0 Å². The van der Waals surface area contributed by atoms with Crippen LogP contribution in [0.1, 0.15) is 47.8 Å². The fourth-order valence-corrected chi connectivity index (χ4v) is 4.98. The number of carbonyl (C=O) groups excluding carboxylic acids is 1. The number of hydrogen-bond acceptors (Lipinski definition) is 7. The Morgan fingerprint density at radius 2 is 2.13 bits per heavy atom. The molecular weight excluding hydrogens is 484 g/mol. The van der Waals surface area contributed by atoms with Gasteiger partial charge in [0.15, 0.2) is 0 Å². The molecule has 0 radical (unpaired) electrons. The Bertz CT molecular complexity index is 1560. The van der Waals surface area contributed by atoms with E-state index in [0.29, 0.717) is 30.2 Å². The van der Waals surface area contributed by atoms with Crippen LogP contribution in [0.4, 0.5) is 0 Å². The van der Waals surface area contributed by atoms with Crippen molar-refractivity contribution in [1.29, 1.82) is 0 Å². The van der Waals surface area contributed by atoms with Crippen molar-refractivity contribution < 1.29 is 9.53 Å². The minimum Gasteiger partial charge on any atom is -0.465 e. The Morgan fingerprint density at radius 3 is 2.84 bits per heavy atom. The predicted molar refractivity (Wildman–Crippen MR) is 142 cm³/mol. The van der Waals surface area contributed by atoms with Crippen molar-refractivity contribution in [3.63, 3.8) is 0 Å². The maximum absolute atomic E-state index is 14.0. The largest absolute Gasteiger partial charge is 0.465 e. The second-order valence-electron chi connectivity index (χ2n) is 9.44. The van der Waals surface area contributed by atoms with Gasteiger partial charge < -0.3 is 9.30 Å². The minimum absolute atomic E-state index is 0.215. The molecule has 0 aliphatic carbocycles.